The molecule has 7 heteroatoms. The summed E-state index contributed by atoms with van der Waals surface area (Å²) in [5.74, 6) is -0.0947. The smallest absolute Gasteiger partial charge is 0.247 e. The largest absolute Gasteiger partial charge is 0.337 e. The third-order valence-corrected chi connectivity index (χ3v) is 4.16. The summed E-state index contributed by atoms with van der Waals surface area (Å²) in [4.78, 5) is 28.2. The van der Waals surface area contributed by atoms with E-state index >= 15 is 0 Å². The van der Waals surface area contributed by atoms with E-state index in [4.69, 9.17) is 0 Å². The normalized spacial score (nSPS) is 19.2. The fourth-order valence-electron chi connectivity index (χ4n) is 2.93. The van der Waals surface area contributed by atoms with Crippen molar-refractivity contribution < 1.29 is 9.59 Å². The van der Waals surface area contributed by atoms with E-state index in [1.807, 2.05) is 11.9 Å². The molecule has 1 saturated heterocycles. The van der Waals surface area contributed by atoms with Gasteiger partial charge in [0.2, 0.25) is 11.8 Å². The van der Waals surface area contributed by atoms with Gasteiger partial charge in [-0.1, -0.05) is 0 Å². The Labute approximate surface area is 131 Å². The molecule has 1 N–H and O–H groups in total. The SMILES string of the molecule is CNCC1CCCN1C(=O)CN(C)C(=O)C(C)n1cccn1. The molecule has 0 spiro atoms. The van der Waals surface area contributed by atoms with Crippen molar-refractivity contribution in [2.75, 3.05) is 33.7 Å². The molecule has 0 aromatic carbocycles. The van der Waals surface area contributed by atoms with E-state index in [9.17, 15) is 9.59 Å². The fraction of sp³-hybridized carbons (Fsp3) is 0.667. The Morgan fingerprint density at radius 2 is 2.27 bits per heavy atom. The minimum Gasteiger partial charge on any atom is -0.337 e. The third-order valence-electron chi connectivity index (χ3n) is 4.16. The van der Waals surface area contributed by atoms with Crippen LogP contribution in [0.15, 0.2) is 18.5 Å². The van der Waals surface area contributed by atoms with Gasteiger partial charge in [0, 0.05) is 38.6 Å². The van der Waals surface area contributed by atoms with Gasteiger partial charge in [0.25, 0.3) is 0 Å². The number of nitrogens with zero attached hydrogens (tertiary/aromatic N) is 4. The Kier molecular flexibility index (Phi) is 5.54. The zero-order valence-corrected chi connectivity index (χ0v) is 13.5. The van der Waals surface area contributed by atoms with Crippen LogP contribution < -0.4 is 5.32 Å². The first-order chi connectivity index (χ1) is 10.5. The molecule has 1 aromatic heterocycles. The minimum absolute atomic E-state index is 0.0151. The number of rotatable bonds is 6. The number of likely N-dealkylation sites (tertiary alicyclic amines) is 1. The molecular formula is C15H25N5O2. The number of amides is 2. The lowest BCUT2D eigenvalue weighted by Gasteiger charge is -2.28. The van der Waals surface area contributed by atoms with Gasteiger partial charge in [0.05, 0.1) is 6.54 Å². The second kappa shape index (κ2) is 7.40. The van der Waals surface area contributed by atoms with Gasteiger partial charge >= 0.3 is 0 Å². The summed E-state index contributed by atoms with van der Waals surface area (Å²) < 4.78 is 1.60. The molecule has 2 unspecified atom stereocenters. The summed E-state index contributed by atoms with van der Waals surface area (Å²) in [5.41, 5.74) is 0. The summed E-state index contributed by atoms with van der Waals surface area (Å²) in [6, 6.07) is 1.62. The molecule has 7 nitrogen and oxygen atoms in total. The Morgan fingerprint density at radius 3 is 2.91 bits per heavy atom. The van der Waals surface area contributed by atoms with Crippen molar-refractivity contribution in [1.82, 2.24) is 24.9 Å². The van der Waals surface area contributed by atoms with E-state index in [0.717, 1.165) is 25.9 Å². The predicted octanol–water partition coefficient (Wildman–Crippen LogP) is 0.113. The molecule has 2 amide bonds. The van der Waals surface area contributed by atoms with E-state index in [-0.39, 0.29) is 24.4 Å². The lowest BCUT2D eigenvalue weighted by atomic mass is 10.2. The Hall–Kier alpha value is -1.89. The van der Waals surface area contributed by atoms with Crippen LogP contribution in [0.4, 0.5) is 0 Å². The highest BCUT2D eigenvalue weighted by Crippen LogP contribution is 2.17. The maximum atomic E-state index is 12.4. The van der Waals surface area contributed by atoms with E-state index in [1.165, 1.54) is 4.90 Å². The molecule has 0 radical (unpaired) electrons. The quantitative estimate of drug-likeness (QED) is 0.810. The monoisotopic (exact) mass is 307 g/mol. The van der Waals surface area contributed by atoms with Crippen LogP contribution in [0.5, 0.6) is 0 Å². The van der Waals surface area contributed by atoms with Crippen molar-refractivity contribution in [2.24, 2.45) is 0 Å². The van der Waals surface area contributed by atoms with Gasteiger partial charge in [0.15, 0.2) is 0 Å². The molecule has 2 rings (SSSR count). The minimum atomic E-state index is -0.403. The first kappa shape index (κ1) is 16.5. The second-order valence-electron chi connectivity index (χ2n) is 5.80. The van der Waals surface area contributed by atoms with Gasteiger partial charge in [-0.25, -0.2) is 0 Å². The van der Waals surface area contributed by atoms with Gasteiger partial charge in [-0.3, -0.25) is 14.3 Å². The highest BCUT2D eigenvalue weighted by molar-refractivity contribution is 5.86. The maximum absolute atomic E-state index is 12.4. The summed E-state index contributed by atoms with van der Waals surface area (Å²) >= 11 is 0. The number of nitrogens with one attached hydrogen (secondary N) is 1. The highest BCUT2D eigenvalue weighted by Gasteiger charge is 2.30. The molecule has 2 atom stereocenters. The molecule has 122 valence electrons. The van der Waals surface area contributed by atoms with Crippen LogP contribution in [0.2, 0.25) is 0 Å². The number of carbonyl (C=O) groups is 2. The average Bonchev–Trinajstić information content (AvgIpc) is 3.17. The molecule has 22 heavy (non-hydrogen) atoms. The maximum Gasteiger partial charge on any atom is 0.247 e. The van der Waals surface area contributed by atoms with Gasteiger partial charge in [-0.05, 0) is 32.9 Å². The Morgan fingerprint density at radius 1 is 1.50 bits per heavy atom. The number of hydrogen-bond donors (Lipinski definition) is 1. The van der Waals surface area contributed by atoms with Crippen molar-refractivity contribution in [3.8, 4) is 0 Å². The van der Waals surface area contributed by atoms with Crippen LogP contribution in [0.1, 0.15) is 25.8 Å². The molecule has 1 aromatic rings. The molecule has 0 aliphatic carbocycles. The summed E-state index contributed by atoms with van der Waals surface area (Å²) in [7, 11) is 3.56. The second-order valence-corrected chi connectivity index (χ2v) is 5.80. The standard InChI is InChI=1S/C15H25N5O2/c1-12(20-9-5-7-17-20)15(22)18(3)11-14(21)19-8-4-6-13(19)10-16-2/h5,7,9,12-13,16H,4,6,8,10-11H2,1-3H3. The van der Waals surface area contributed by atoms with Gasteiger partial charge < -0.3 is 15.1 Å². The number of hydrogen-bond acceptors (Lipinski definition) is 4. The summed E-state index contributed by atoms with van der Waals surface area (Å²) in [6.45, 7) is 3.48. The first-order valence-corrected chi connectivity index (χ1v) is 7.72. The van der Waals surface area contributed by atoms with Crippen LogP contribution in [-0.2, 0) is 9.59 Å². The zero-order chi connectivity index (χ0) is 16.1. The van der Waals surface area contributed by atoms with Crippen LogP contribution in [0.3, 0.4) is 0 Å². The lowest BCUT2D eigenvalue weighted by molar-refractivity contribution is -0.141. The summed E-state index contributed by atoms with van der Waals surface area (Å²) in [6.07, 6.45) is 5.44. The molecule has 1 aliphatic rings. The topological polar surface area (TPSA) is 70.5 Å². The van der Waals surface area contributed by atoms with Crippen molar-refractivity contribution in [1.29, 1.82) is 0 Å². The number of likely N-dealkylation sites (N-methyl/N-ethyl adjacent to an activating group) is 2. The van der Waals surface area contributed by atoms with E-state index in [2.05, 4.69) is 10.4 Å². The average molecular weight is 307 g/mol. The van der Waals surface area contributed by atoms with E-state index in [1.54, 1.807) is 37.1 Å². The van der Waals surface area contributed by atoms with Crippen molar-refractivity contribution in [3.05, 3.63) is 18.5 Å². The van der Waals surface area contributed by atoms with Gasteiger partial charge in [0.1, 0.15) is 6.04 Å². The van der Waals surface area contributed by atoms with Gasteiger partial charge in [-0.2, -0.15) is 5.10 Å². The molecule has 2 heterocycles. The fourth-order valence-corrected chi connectivity index (χ4v) is 2.93. The van der Waals surface area contributed by atoms with Crippen molar-refractivity contribution in [2.45, 2.75) is 31.8 Å². The molecular weight excluding hydrogens is 282 g/mol. The van der Waals surface area contributed by atoms with Crippen molar-refractivity contribution >= 4 is 11.8 Å². The summed E-state index contributed by atoms with van der Waals surface area (Å²) in [5, 5.41) is 7.20. The molecule has 1 fully saturated rings. The van der Waals surface area contributed by atoms with Crippen LogP contribution in [-0.4, -0.2) is 71.2 Å². The Bertz CT molecular complexity index is 502. The lowest BCUT2D eigenvalue weighted by Crippen LogP contribution is -2.47. The highest BCUT2D eigenvalue weighted by atomic mass is 16.2. The molecule has 0 bridgehead atoms. The zero-order valence-electron chi connectivity index (χ0n) is 13.5. The predicted molar refractivity (Wildman–Crippen MR) is 83.2 cm³/mol. The van der Waals surface area contributed by atoms with Crippen molar-refractivity contribution in [3.63, 3.8) is 0 Å². The Balaban J connectivity index is 1.92. The van der Waals surface area contributed by atoms with E-state index < -0.39 is 6.04 Å². The molecule has 0 saturated carbocycles. The third kappa shape index (κ3) is 3.65. The van der Waals surface area contributed by atoms with E-state index in [0.29, 0.717) is 0 Å². The van der Waals surface area contributed by atoms with Crippen LogP contribution in [0, 0.1) is 0 Å². The molecule has 1 aliphatic heterocycles. The van der Waals surface area contributed by atoms with Crippen LogP contribution >= 0.6 is 0 Å². The first-order valence-electron chi connectivity index (χ1n) is 7.72. The number of aromatic nitrogens is 2. The number of carbonyl (C=O) groups excluding carboxylic acids is 2. The van der Waals surface area contributed by atoms with Crippen LogP contribution in [0.25, 0.3) is 0 Å². The van der Waals surface area contributed by atoms with Gasteiger partial charge in [-0.15, -0.1) is 0 Å².